The normalized spacial score (nSPS) is 15.5. The summed E-state index contributed by atoms with van der Waals surface area (Å²) in [7, 11) is 0. The molecule has 19 heavy (non-hydrogen) atoms. The lowest BCUT2D eigenvalue weighted by molar-refractivity contribution is 0.578. The second-order valence-corrected chi connectivity index (χ2v) is 5.04. The van der Waals surface area contributed by atoms with Crippen molar-refractivity contribution in [1.82, 2.24) is 4.98 Å². The van der Waals surface area contributed by atoms with Gasteiger partial charge in [0.2, 0.25) is 0 Å². The van der Waals surface area contributed by atoms with Crippen LogP contribution >= 0.6 is 0 Å². The minimum Gasteiger partial charge on any atom is -0.396 e. The largest absolute Gasteiger partial charge is 0.396 e. The number of rotatable bonds is 2. The molecule has 0 atom stereocenters. The van der Waals surface area contributed by atoms with Gasteiger partial charge in [0, 0.05) is 24.8 Å². The lowest BCUT2D eigenvalue weighted by Gasteiger charge is -2.31. The van der Waals surface area contributed by atoms with E-state index in [0.717, 1.165) is 30.0 Å². The number of nitrogens with two attached hydrogens (primary N) is 1. The Kier molecular flexibility index (Phi) is 3.36. The fraction of sp³-hybridized carbons (Fsp3) is 0.312. The summed E-state index contributed by atoms with van der Waals surface area (Å²) >= 11 is 0. The van der Waals surface area contributed by atoms with Gasteiger partial charge in [-0.25, -0.2) is 0 Å². The summed E-state index contributed by atoms with van der Waals surface area (Å²) in [6.07, 6.45) is 7.50. The van der Waals surface area contributed by atoms with Crippen molar-refractivity contribution in [2.75, 3.05) is 23.7 Å². The molecule has 0 amide bonds. The van der Waals surface area contributed by atoms with Crippen molar-refractivity contribution < 1.29 is 0 Å². The highest BCUT2D eigenvalue weighted by atomic mass is 15.1. The van der Waals surface area contributed by atoms with Crippen LogP contribution in [0.15, 0.2) is 42.7 Å². The molecule has 2 N–H and O–H groups in total. The molecule has 3 nitrogen and oxygen atoms in total. The summed E-state index contributed by atoms with van der Waals surface area (Å²) in [5.74, 6) is 0. The van der Waals surface area contributed by atoms with Crippen molar-refractivity contribution in [1.29, 1.82) is 0 Å². The SMILES string of the molecule is Nc1cncc(-c2ccccc2)c1N1CCCCC1. The van der Waals surface area contributed by atoms with Crippen molar-refractivity contribution in [3.05, 3.63) is 42.7 Å². The zero-order valence-electron chi connectivity index (χ0n) is 11.0. The van der Waals surface area contributed by atoms with Crippen LogP contribution in [0, 0.1) is 0 Å². The maximum Gasteiger partial charge on any atom is 0.0744 e. The number of benzene rings is 1. The van der Waals surface area contributed by atoms with Gasteiger partial charge in [0.1, 0.15) is 0 Å². The first-order valence-electron chi connectivity index (χ1n) is 6.90. The summed E-state index contributed by atoms with van der Waals surface area (Å²) in [4.78, 5) is 6.67. The van der Waals surface area contributed by atoms with Gasteiger partial charge in [-0.3, -0.25) is 4.98 Å². The van der Waals surface area contributed by atoms with Gasteiger partial charge in [0.05, 0.1) is 17.6 Å². The van der Waals surface area contributed by atoms with Gasteiger partial charge >= 0.3 is 0 Å². The van der Waals surface area contributed by atoms with Crippen molar-refractivity contribution in [3.8, 4) is 11.1 Å². The lowest BCUT2D eigenvalue weighted by atomic mass is 10.0. The topological polar surface area (TPSA) is 42.1 Å². The van der Waals surface area contributed by atoms with Crippen LogP contribution in [0.4, 0.5) is 11.4 Å². The second-order valence-electron chi connectivity index (χ2n) is 5.04. The second kappa shape index (κ2) is 5.31. The maximum atomic E-state index is 6.19. The minimum atomic E-state index is 0.781. The van der Waals surface area contributed by atoms with Crippen molar-refractivity contribution in [2.24, 2.45) is 0 Å². The van der Waals surface area contributed by atoms with Gasteiger partial charge in [-0.15, -0.1) is 0 Å². The van der Waals surface area contributed by atoms with E-state index in [-0.39, 0.29) is 0 Å². The van der Waals surface area contributed by atoms with Gasteiger partial charge in [0.15, 0.2) is 0 Å². The molecule has 2 aromatic rings. The number of nitrogens with zero attached hydrogens (tertiary/aromatic N) is 2. The third-order valence-electron chi connectivity index (χ3n) is 3.70. The molecule has 98 valence electrons. The lowest BCUT2D eigenvalue weighted by Crippen LogP contribution is -2.30. The van der Waals surface area contributed by atoms with E-state index in [4.69, 9.17) is 5.73 Å². The quantitative estimate of drug-likeness (QED) is 0.892. The smallest absolute Gasteiger partial charge is 0.0744 e. The highest BCUT2D eigenvalue weighted by Crippen LogP contribution is 2.36. The van der Waals surface area contributed by atoms with Gasteiger partial charge < -0.3 is 10.6 Å². The van der Waals surface area contributed by atoms with Gasteiger partial charge in [-0.05, 0) is 24.8 Å². The van der Waals surface area contributed by atoms with Crippen LogP contribution in [0.1, 0.15) is 19.3 Å². The Balaban J connectivity index is 2.07. The molecule has 0 aliphatic carbocycles. The number of hydrogen-bond acceptors (Lipinski definition) is 3. The Bertz CT molecular complexity index is 545. The molecule has 1 aromatic carbocycles. The molecule has 0 radical (unpaired) electrons. The molecule has 0 bridgehead atoms. The van der Waals surface area contributed by atoms with E-state index in [2.05, 4.69) is 34.1 Å². The Morgan fingerprint density at radius 3 is 2.42 bits per heavy atom. The number of pyridine rings is 1. The number of aromatic nitrogens is 1. The number of anilines is 2. The van der Waals surface area contributed by atoms with E-state index in [0.29, 0.717) is 0 Å². The molecule has 3 heteroatoms. The molecule has 1 fully saturated rings. The van der Waals surface area contributed by atoms with Crippen LogP contribution in [0.5, 0.6) is 0 Å². The summed E-state index contributed by atoms with van der Waals surface area (Å²) < 4.78 is 0. The predicted molar refractivity (Wildman–Crippen MR) is 80.1 cm³/mol. The highest BCUT2D eigenvalue weighted by Gasteiger charge is 2.18. The fourth-order valence-electron chi connectivity index (χ4n) is 2.77. The maximum absolute atomic E-state index is 6.19. The molecule has 0 spiro atoms. The third-order valence-corrected chi connectivity index (χ3v) is 3.70. The van der Waals surface area contributed by atoms with E-state index < -0.39 is 0 Å². The summed E-state index contributed by atoms with van der Waals surface area (Å²) in [5.41, 5.74) is 10.4. The van der Waals surface area contributed by atoms with Gasteiger partial charge in [-0.1, -0.05) is 30.3 Å². The first kappa shape index (κ1) is 12.0. The summed E-state index contributed by atoms with van der Waals surface area (Å²) in [6, 6.07) is 10.4. The van der Waals surface area contributed by atoms with Crippen LogP contribution in [0.3, 0.4) is 0 Å². The number of piperidine rings is 1. The van der Waals surface area contributed by atoms with E-state index in [1.165, 1.54) is 24.8 Å². The monoisotopic (exact) mass is 253 g/mol. The third kappa shape index (κ3) is 2.41. The Morgan fingerprint density at radius 1 is 0.947 bits per heavy atom. The molecule has 0 saturated carbocycles. The molecule has 1 aliphatic rings. The van der Waals surface area contributed by atoms with Gasteiger partial charge in [0.25, 0.3) is 0 Å². The molecule has 1 aromatic heterocycles. The molecule has 2 heterocycles. The number of nitrogen functional groups attached to an aromatic ring is 1. The van der Waals surface area contributed by atoms with E-state index in [9.17, 15) is 0 Å². The standard InChI is InChI=1S/C16H19N3/c17-15-12-18-11-14(13-7-3-1-4-8-13)16(15)19-9-5-2-6-10-19/h1,3-4,7-8,11-12H,2,5-6,9-10,17H2. The molecule has 1 aliphatic heterocycles. The molecule has 0 unspecified atom stereocenters. The first-order valence-corrected chi connectivity index (χ1v) is 6.90. The van der Waals surface area contributed by atoms with E-state index in [1.54, 1.807) is 6.20 Å². The van der Waals surface area contributed by atoms with Gasteiger partial charge in [-0.2, -0.15) is 0 Å². The zero-order chi connectivity index (χ0) is 13.1. The minimum absolute atomic E-state index is 0.781. The summed E-state index contributed by atoms with van der Waals surface area (Å²) in [5, 5.41) is 0. The molecular weight excluding hydrogens is 234 g/mol. The van der Waals surface area contributed by atoms with Crippen molar-refractivity contribution in [3.63, 3.8) is 0 Å². The van der Waals surface area contributed by atoms with Crippen LogP contribution in [-0.4, -0.2) is 18.1 Å². The van der Waals surface area contributed by atoms with Crippen LogP contribution in [0.2, 0.25) is 0 Å². The van der Waals surface area contributed by atoms with Crippen LogP contribution < -0.4 is 10.6 Å². The summed E-state index contributed by atoms with van der Waals surface area (Å²) in [6.45, 7) is 2.18. The van der Waals surface area contributed by atoms with Crippen LogP contribution in [-0.2, 0) is 0 Å². The zero-order valence-corrected chi connectivity index (χ0v) is 11.0. The average molecular weight is 253 g/mol. The first-order chi connectivity index (χ1) is 9.36. The molecule has 3 rings (SSSR count). The van der Waals surface area contributed by atoms with Crippen LogP contribution in [0.25, 0.3) is 11.1 Å². The number of hydrogen-bond donors (Lipinski definition) is 1. The highest BCUT2D eigenvalue weighted by molar-refractivity contribution is 5.85. The molecular formula is C16H19N3. The van der Waals surface area contributed by atoms with E-state index >= 15 is 0 Å². The Morgan fingerprint density at radius 2 is 1.68 bits per heavy atom. The van der Waals surface area contributed by atoms with Crippen molar-refractivity contribution in [2.45, 2.75) is 19.3 Å². The van der Waals surface area contributed by atoms with E-state index in [1.807, 2.05) is 12.3 Å². The van der Waals surface area contributed by atoms with Crippen molar-refractivity contribution >= 4 is 11.4 Å². The Labute approximate surface area is 114 Å². The Hall–Kier alpha value is -2.03. The fourth-order valence-corrected chi connectivity index (χ4v) is 2.77. The molecule has 1 saturated heterocycles. The average Bonchev–Trinajstić information content (AvgIpc) is 2.49. The predicted octanol–water partition coefficient (Wildman–Crippen LogP) is 3.32.